The second kappa shape index (κ2) is 3.85. The van der Waals surface area contributed by atoms with Gasteiger partial charge in [-0.2, -0.15) is 0 Å². The Morgan fingerprint density at radius 2 is 2.46 bits per heavy atom. The first-order valence-electron chi connectivity index (χ1n) is 3.27. The predicted molar refractivity (Wildman–Crippen MR) is 49.3 cm³/mol. The highest BCUT2D eigenvalue weighted by molar-refractivity contribution is 7.13. The fraction of sp³-hybridized carbons (Fsp3) is 0.167. The van der Waals surface area contributed by atoms with Gasteiger partial charge in [-0.05, 0) is 0 Å². The summed E-state index contributed by atoms with van der Waals surface area (Å²) in [5.41, 5.74) is 10.4. The van der Waals surface area contributed by atoms with Gasteiger partial charge in [0.15, 0.2) is 5.01 Å². The van der Waals surface area contributed by atoms with E-state index in [1.807, 2.05) is 0 Å². The van der Waals surface area contributed by atoms with Crippen LogP contribution in [-0.2, 0) is 9.63 Å². The van der Waals surface area contributed by atoms with Gasteiger partial charge in [0.1, 0.15) is 12.9 Å². The lowest BCUT2D eigenvalue weighted by molar-refractivity contribution is -0.112. The number of primary amides is 1. The topological polar surface area (TPSA) is 104 Å². The normalized spacial score (nSPS) is 11.3. The molecule has 1 rings (SSSR count). The molecule has 1 heterocycles. The fourth-order valence-electron chi connectivity index (χ4n) is 0.676. The van der Waals surface area contributed by atoms with Gasteiger partial charge in [0.2, 0.25) is 5.71 Å². The number of nitrogen functional groups attached to an aromatic ring is 1. The van der Waals surface area contributed by atoms with Crippen LogP contribution in [0.15, 0.2) is 10.5 Å². The fourth-order valence-corrected chi connectivity index (χ4v) is 1.37. The minimum Gasteiger partial charge on any atom is -0.398 e. The van der Waals surface area contributed by atoms with Crippen molar-refractivity contribution in [1.82, 2.24) is 4.98 Å². The van der Waals surface area contributed by atoms with Gasteiger partial charge in [-0.25, -0.2) is 4.98 Å². The van der Waals surface area contributed by atoms with E-state index in [0.717, 1.165) is 0 Å². The van der Waals surface area contributed by atoms with Crippen molar-refractivity contribution < 1.29 is 9.63 Å². The maximum Gasteiger partial charge on any atom is 0.273 e. The van der Waals surface area contributed by atoms with Crippen molar-refractivity contribution >= 4 is 28.8 Å². The second-order valence-electron chi connectivity index (χ2n) is 2.06. The van der Waals surface area contributed by atoms with Gasteiger partial charge in [0, 0.05) is 5.38 Å². The number of oxime groups is 1. The number of rotatable bonds is 3. The van der Waals surface area contributed by atoms with E-state index in [4.69, 9.17) is 11.5 Å². The van der Waals surface area contributed by atoms with E-state index in [0.29, 0.717) is 10.8 Å². The molecule has 0 spiro atoms. The highest BCUT2D eigenvalue weighted by atomic mass is 32.1. The van der Waals surface area contributed by atoms with Crippen molar-refractivity contribution in [3.8, 4) is 0 Å². The van der Waals surface area contributed by atoms with Crippen LogP contribution in [0.2, 0.25) is 0 Å². The number of amides is 1. The average molecular weight is 200 g/mol. The Balaban J connectivity index is 3.02. The molecule has 0 saturated heterocycles. The zero-order valence-electron chi connectivity index (χ0n) is 6.85. The third-order valence-electron chi connectivity index (χ3n) is 1.14. The van der Waals surface area contributed by atoms with Crippen molar-refractivity contribution in [2.45, 2.75) is 0 Å². The monoisotopic (exact) mass is 200 g/mol. The highest BCUT2D eigenvalue weighted by Gasteiger charge is 2.14. The molecule has 0 aromatic carbocycles. The summed E-state index contributed by atoms with van der Waals surface area (Å²) in [6.07, 6.45) is 0. The van der Waals surface area contributed by atoms with Gasteiger partial charge >= 0.3 is 0 Å². The summed E-state index contributed by atoms with van der Waals surface area (Å²) in [6, 6.07) is 0. The maximum absolute atomic E-state index is 10.8. The Labute approximate surface area is 78.2 Å². The van der Waals surface area contributed by atoms with Gasteiger partial charge < -0.3 is 16.3 Å². The molecule has 0 saturated carbocycles. The Morgan fingerprint density at radius 1 is 1.77 bits per heavy atom. The lowest BCUT2D eigenvalue weighted by Crippen LogP contribution is -2.24. The average Bonchev–Trinajstić information content (AvgIpc) is 2.46. The molecule has 0 unspecified atom stereocenters. The van der Waals surface area contributed by atoms with E-state index in [-0.39, 0.29) is 5.71 Å². The molecule has 6 nitrogen and oxygen atoms in total. The molecular weight excluding hydrogens is 192 g/mol. The van der Waals surface area contributed by atoms with Crippen molar-refractivity contribution in [3.63, 3.8) is 0 Å². The first-order chi connectivity index (χ1) is 6.15. The molecule has 0 radical (unpaired) electrons. The molecular formula is C6H8N4O2S. The molecule has 1 aromatic heterocycles. The SMILES string of the molecule is CO/N=C(\C(N)=O)c1nc(N)cs1. The van der Waals surface area contributed by atoms with Crippen LogP contribution in [0.3, 0.4) is 0 Å². The molecule has 0 aliphatic rings. The van der Waals surface area contributed by atoms with Crippen LogP contribution in [0.5, 0.6) is 0 Å². The lowest BCUT2D eigenvalue weighted by atomic mass is 10.4. The Kier molecular flexibility index (Phi) is 2.80. The Bertz CT molecular complexity index is 346. The molecule has 4 N–H and O–H groups in total. The van der Waals surface area contributed by atoms with Crippen LogP contribution in [0.25, 0.3) is 0 Å². The Morgan fingerprint density at radius 3 is 2.85 bits per heavy atom. The zero-order valence-corrected chi connectivity index (χ0v) is 7.67. The molecule has 13 heavy (non-hydrogen) atoms. The first-order valence-corrected chi connectivity index (χ1v) is 4.15. The zero-order chi connectivity index (χ0) is 9.84. The highest BCUT2D eigenvalue weighted by Crippen LogP contribution is 2.12. The van der Waals surface area contributed by atoms with E-state index in [1.54, 1.807) is 5.38 Å². The molecule has 0 aliphatic carbocycles. The number of nitrogens with zero attached hydrogens (tertiary/aromatic N) is 2. The maximum atomic E-state index is 10.8. The summed E-state index contributed by atoms with van der Waals surface area (Å²) < 4.78 is 0. The predicted octanol–water partition coefficient (Wildman–Crippen LogP) is -0.439. The molecule has 70 valence electrons. The van der Waals surface area contributed by atoms with Crippen LogP contribution in [0.1, 0.15) is 5.01 Å². The number of hydrogen-bond acceptors (Lipinski definition) is 6. The number of carbonyl (C=O) groups excluding carboxylic acids is 1. The number of hydrogen-bond donors (Lipinski definition) is 2. The van der Waals surface area contributed by atoms with Crippen LogP contribution >= 0.6 is 11.3 Å². The van der Waals surface area contributed by atoms with Gasteiger partial charge in [-0.1, -0.05) is 5.16 Å². The van der Waals surface area contributed by atoms with Gasteiger partial charge in [-0.3, -0.25) is 4.79 Å². The van der Waals surface area contributed by atoms with E-state index >= 15 is 0 Å². The van der Waals surface area contributed by atoms with Crippen molar-refractivity contribution in [3.05, 3.63) is 10.4 Å². The summed E-state index contributed by atoms with van der Waals surface area (Å²) in [6.45, 7) is 0. The molecule has 7 heteroatoms. The van der Waals surface area contributed by atoms with Gasteiger partial charge in [0.25, 0.3) is 5.91 Å². The minimum absolute atomic E-state index is 0.0239. The number of thiazole rings is 1. The summed E-state index contributed by atoms with van der Waals surface area (Å²) in [4.78, 5) is 19.1. The van der Waals surface area contributed by atoms with Crippen LogP contribution < -0.4 is 11.5 Å². The summed E-state index contributed by atoms with van der Waals surface area (Å²) in [5.74, 6) is -0.374. The van der Waals surface area contributed by atoms with Crippen molar-refractivity contribution in [1.29, 1.82) is 0 Å². The quantitative estimate of drug-likeness (QED) is 0.510. The first kappa shape index (κ1) is 9.46. The van der Waals surface area contributed by atoms with Gasteiger partial charge in [-0.15, -0.1) is 11.3 Å². The third-order valence-corrected chi connectivity index (χ3v) is 2.01. The number of anilines is 1. The van der Waals surface area contributed by atoms with Crippen molar-refractivity contribution in [2.24, 2.45) is 10.9 Å². The molecule has 0 atom stereocenters. The Hall–Kier alpha value is -1.63. The summed E-state index contributed by atoms with van der Waals surface area (Å²) in [7, 11) is 1.32. The van der Waals surface area contributed by atoms with Gasteiger partial charge in [0.05, 0.1) is 0 Å². The van der Waals surface area contributed by atoms with E-state index in [2.05, 4.69) is 15.0 Å². The van der Waals surface area contributed by atoms with Crippen molar-refractivity contribution in [2.75, 3.05) is 12.8 Å². The summed E-state index contributed by atoms with van der Waals surface area (Å²) in [5, 5.41) is 5.38. The lowest BCUT2D eigenvalue weighted by Gasteiger charge is -1.94. The van der Waals surface area contributed by atoms with E-state index < -0.39 is 5.91 Å². The van der Waals surface area contributed by atoms with Crippen LogP contribution in [0.4, 0.5) is 5.82 Å². The number of aromatic nitrogens is 1. The smallest absolute Gasteiger partial charge is 0.273 e. The molecule has 0 bridgehead atoms. The summed E-state index contributed by atoms with van der Waals surface area (Å²) >= 11 is 1.18. The third kappa shape index (κ3) is 2.15. The number of nitrogens with two attached hydrogens (primary N) is 2. The van der Waals surface area contributed by atoms with Crippen LogP contribution in [0, 0.1) is 0 Å². The largest absolute Gasteiger partial charge is 0.398 e. The molecule has 0 fully saturated rings. The minimum atomic E-state index is -0.698. The molecule has 1 amide bonds. The number of carbonyl (C=O) groups is 1. The van der Waals surface area contributed by atoms with E-state index in [1.165, 1.54) is 18.4 Å². The molecule has 1 aromatic rings. The van der Waals surface area contributed by atoms with E-state index in [9.17, 15) is 4.79 Å². The second-order valence-corrected chi connectivity index (χ2v) is 2.92. The molecule has 0 aliphatic heterocycles. The van der Waals surface area contributed by atoms with Crippen LogP contribution in [-0.4, -0.2) is 23.7 Å². The standard InChI is InChI=1S/C6H8N4O2S/c1-12-10-4(5(8)11)6-9-3(7)2-13-6/h2H,7H2,1H3,(H2,8,11)/b10-4+.